The molecule has 70 valence electrons. The Hall–Kier alpha value is -1.18. The van der Waals surface area contributed by atoms with E-state index in [-0.39, 0.29) is 0 Å². The number of aryl methyl sites for hydroxylation is 2. The van der Waals surface area contributed by atoms with E-state index >= 15 is 0 Å². The molecule has 0 fully saturated rings. The minimum atomic E-state index is 1.01. The Morgan fingerprint density at radius 2 is 2.23 bits per heavy atom. The van der Waals surface area contributed by atoms with Gasteiger partial charge in [0.25, 0.3) is 0 Å². The standard InChI is InChI=1S/C11H15NO/c1-8-5-6-9-4-3-7-12-10(9)11(8)13-2/h5-6,12H,3-4,7H2,1-2H3. The maximum Gasteiger partial charge on any atom is 0.145 e. The highest BCUT2D eigenvalue weighted by Crippen LogP contribution is 2.34. The Morgan fingerprint density at radius 1 is 1.38 bits per heavy atom. The molecular formula is C11H15NO. The lowest BCUT2D eigenvalue weighted by molar-refractivity contribution is 0.412. The van der Waals surface area contributed by atoms with Crippen molar-refractivity contribution in [1.29, 1.82) is 0 Å². The van der Waals surface area contributed by atoms with Crippen molar-refractivity contribution in [1.82, 2.24) is 0 Å². The van der Waals surface area contributed by atoms with E-state index in [9.17, 15) is 0 Å². The first-order valence-electron chi connectivity index (χ1n) is 4.73. The van der Waals surface area contributed by atoms with Crippen molar-refractivity contribution in [3.8, 4) is 5.75 Å². The molecule has 1 aliphatic heterocycles. The average Bonchev–Trinajstić information content (AvgIpc) is 2.18. The van der Waals surface area contributed by atoms with Gasteiger partial charge in [-0.1, -0.05) is 12.1 Å². The maximum atomic E-state index is 5.38. The van der Waals surface area contributed by atoms with Crippen molar-refractivity contribution >= 4 is 5.69 Å². The molecule has 2 nitrogen and oxygen atoms in total. The highest BCUT2D eigenvalue weighted by Gasteiger charge is 2.14. The maximum absolute atomic E-state index is 5.38. The second kappa shape index (κ2) is 3.29. The molecule has 0 bridgehead atoms. The van der Waals surface area contributed by atoms with Gasteiger partial charge in [-0.15, -0.1) is 0 Å². The smallest absolute Gasteiger partial charge is 0.145 e. The predicted octanol–water partition coefficient (Wildman–Crippen LogP) is 2.36. The van der Waals surface area contributed by atoms with Crippen LogP contribution >= 0.6 is 0 Å². The molecule has 0 unspecified atom stereocenters. The monoisotopic (exact) mass is 177 g/mol. The first kappa shape index (κ1) is 8.42. The lowest BCUT2D eigenvalue weighted by Crippen LogP contribution is -2.13. The van der Waals surface area contributed by atoms with Gasteiger partial charge >= 0.3 is 0 Å². The number of hydrogen-bond donors (Lipinski definition) is 1. The molecule has 0 saturated heterocycles. The van der Waals surface area contributed by atoms with Gasteiger partial charge in [0, 0.05) is 6.54 Å². The quantitative estimate of drug-likeness (QED) is 0.711. The Labute approximate surface area is 78.9 Å². The normalized spacial score (nSPS) is 14.6. The van der Waals surface area contributed by atoms with E-state index in [0.29, 0.717) is 0 Å². The molecule has 2 heteroatoms. The molecule has 0 atom stereocenters. The Bertz CT molecular complexity index is 320. The number of fused-ring (bicyclic) bond motifs is 1. The van der Waals surface area contributed by atoms with E-state index < -0.39 is 0 Å². The van der Waals surface area contributed by atoms with Crippen molar-refractivity contribution in [3.05, 3.63) is 23.3 Å². The largest absolute Gasteiger partial charge is 0.494 e. The zero-order valence-corrected chi connectivity index (χ0v) is 8.18. The van der Waals surface area contributed by atoms with Crippen LogP contribution < -0.4 is 10.1 Å². The summed E-state index contributed by atoms with van der Waals surface area (Å²) in [6, 6.07) is 4.32. The number of hydrogen-bond acceptors (Lipinski definition) is 2. The molecule has 1 aliphatic rings. The molecule has 0 saturated carbocycles. The second-order valence-electron chi connectivity index (χ2n) is 3.48. The summed E-state index contributed by atoms with van der Waals surface area (Å²) in [7, 11) is 1.74. The van der Waals surface area contributed by atoms with Crippen molar-refractivity contribution in [2.45, 2.75) is 19.8 Å². The van der Waals surface area contributed by atoms with Crippen LogP contribution in [0.2, 0.25) is 0 Å². The SMILES string of the molecule is COc1c(C)ccc2c1NCCC2. The fraction of sp³-hybridized carbons (Fsp3) is 0.455. The molecule has 0 radical (unpaired) electrons. The molecule has 0 amide bonds. The van der Waals surface area contributed by atoms with Crippen LogP contribution in [0, 0.1) is 6.92 Å². The minimum absolute atomic E-state index is 1.01. The molecule has 0 aromatic heterocycles. The molecular weight excluding hydrogens is 162 g/mol. The molecule has 1 N–H and O–H groups in total. The summed E-state index contributed by atoms with van der Waals surface area (Å²) in [6.45, 7) is 3.14. The van der Waals surface area contributed by atoms with Crippen LogP contribution in [0.3, 0.4) is 0 Å². The topological polar surface area (TPSA) is 21.3 Å². The summed E-state index contributed by atoms with van der Waals surface area (Å²) >= 11 is 0. The summed E-state index contributed by atoms with van der Waals surface area (Å²) < 4.78 is 5.38. The lowest BCUT2D eigenvalue weighted by Gasteiger charge is -2.21. The van der Waals surface area contributed by atoms with E-state index in [2.05, 4.69) is 24.4 Å². The second-order valence-corrected chi connectivity index (χ2v) is 3.48. The van der Waals surface area contributed by atoms with E-state index in [0.717, 1.165) is 12.3 Å². The molecule has 1 aromatic rings. The summed E-state index contributed by atoms with van der Waals surface area (Å²) in [5.74, 6) is 1.01. The van der Waals surface area contributed by atoms with Gasteiger partial charge in [0.1, 0.15) is 5.75 Å². The van der Waals surface area contributed by atoms with Gasteiger partial charge in [0.05, 0.1) is 12.8 Å². The molecule has 1 aromatic carbocycles. The van der Waals surface area contributed by atoms with Gasteiger partial charge in [0.2, 0.25) is 0 Å². The summed E-state index contributed by atoms with van der Waals surface area (Å²) in [5.41, 5.74) is 3.79. The average molecular weight is 177 g/mol. The van der Waals surface area contributed by atoms with Crippen molar-refractivity contribution in [2.75, 3.05) is 19.0 Å². The first-order chi connectivity index (χ1) is 6.33. The third kappa shape index (κ3) is 1.37. The predicted molar refractivity (Wildman–Crippen MR) is 54.5 cm³/mol. The third-order valence-corrected chi connectivity index (χ3v) is 2.57. The molecule has 0 spiro atoms. The van der Waals surface area contributed by atoms with Crippen molar-refractivity contribution < 1.29 is 4.74 Å². The fourth-order valence-electron chi connectivity index (χ4n) is 1.89. The van der Waals surface area contributed by atoms with Crippen LogP contribution in [0.15, 0.2) is 12.1 Å². The van der Waals surface area contributed by atoms with Gasteiger partial charge in [-0.25, -0.2) is 0 Å². The Kier molecular flexibility index (Phi) is 2.13. The molecule has 1 heterocycles. The van der Waals surface area contributed by atoms with E-state index in [4.69, 9.17) is 4.74 Å². The minimum Gasteiger partial charge on any atom is -0.494 e. The molecule has 0 aliphatic carbocycles. The number of nitrogens with one attached hydrogen (secondary N) is 1. The van der Waals surface area contributed by atoms with Crippen LogP contribution in [-0.2, 0) is 6.42 Å². The van der Waals surface area contributed by atoms with Crippen molar-refractivity contribution in [3.63, 3.8) is 0 Å². The summed E-state index contributed by atoms with van der Waals surface area (Å²) in [4.78, 5) is 0. The third-order valence-electron chi connectivity index (χ3n) is 2.57. The zero-order chi connectivity index (χ0) is 9.26. The summed E-state index contributed by atoms with van der Waals surface area (Å²) in [5, 5.41) is 3.40. The van der Waals surface area contributed by atoms with Gasteiger partial charge in [-0.05, 0) is 30.9 Å². The highest BCUT2D eigenvalue weighted by atomic mass is 16.5. The number of benzene rings is 1. The van der Waals surface area contributed by atoms with Crippen LogP contribution in [0.1, 0.15) is 17.5 Å². The van der Waals surface area contributed by atoms with Gasteiger partial charge < -0.3 is 10.1 Å². The van der Waals surface area contributed by atoms with E-state index in [1.54, 1.807) is 7.11 Å². The van der Waals surface area contributed by atoms with E-state index in [1.807, 2.05) is 0 Å². The van der Waals surface area contributed by atoms with Crippen molar-refractivity contribution in [2.24, 2.45) is 0 Å². The van der Waals surface area contributed by atoms with Crippen LogP contribution in [0.4, 0.5) is 5.69 Å². The first-order valence-corrected chi connectivity index (χ1v) is 4.73. The Balaban J connectivity index is 2.52. The molecule has 13 heavy (non-hydrogen) atoms. The van der Waals surface area contributed by atoms with Gasteiger partial charge in [-0.2, -0.15) is 0 Å². The molecule has 2 rings (SSSR count). The van der Waals surface area contributed by atoms with Crippen LogP contribution in [0.5, 0.6) is 5.75 Å². The number of methoxy groups -OCH3 is 1. The van der Waals surface area contributed by atoms with E-state index in [1.165, 1.54) is 29.7 Å². The number of ether oxygens (including phenoxy) is 1. The lowest BCUT2D eigenvalue weighted by atomic mass is 10.0. The Morgan fingerprint density at radius 3 is 3.00 bits per heavy atom. The van der Waals surface area contributed by atoms with Crippen LogP contribution in [-0.4, -0.2) is 13.7 Å². The highest BCUT2D eigenvalue weighted by molar-refractivity contribution is 5.66. The van der Waals surface area contributed by atoms with Gasteiger partial charge in [-0.3, -0.25) is 0 Å². The summed E-state index contributed by atoms with van der Waals surface area (Å²) in [6.07, 6.45) is 2.39. The zero-order valence-electron chi connectivity index (χ0n) is 8.18. The number of anilines is 1. The van der Waals surface area contributed by atoms with Gasteiger partial charge in [0.15, 0.2) is 0 Å². The fourth-order valence-corrected chi connectivity index (χ4v) is 1.89. The van der Waals surface area contributed by atoms with Crippen LogP contribution in [0.25, 0.3) is 0 Å². The number of rotatable bonds is 1.